The fourth-order valence-electron chi connectivity index (χ4n) is 19.2. The van der Waals surface area contributed by atoms with Crippen molar-refractivity contribution >= 4 is 53.2 Å². The maximum atomic E-state index is 14.1. The van der Waals surface area contributed by atoms with Crippen molar-refractivity contribution in [3.63, 3.8) is 0 Å². The second-order valence-electron chi connectivity index (χ2n) is 37.0. The van der Waals surface area contributed by atoms with Gasteiger partial charge in [-0.2, -0.15) is 0 Å². The average Bonchev–Trinajstić information content (AvgIpc) is 1.82. The Hall–Kier alpha value is -14.1. The molecule has 2 saturated heterocycles. The van der Waals surface area contributed by atoms with Gasteiger partial charge in [0.2, 0.25) is 53.2 Å². The molecule has 0 aromatic heterocycles. The van der Waals surface area contributed by atoms with Crippen molar-refractivity contribution in [3.8, 4) is 34.5 Å². The first kappa shape index (κ1) is 99.4. The van der Waals surface area contributed by atoms with Crippen molar-refractivity contribution in [2.75, 3.05) is 39.3 Å². The van der Waals surface area contributed by atoms with Crippen molar-refractivity contribution in [1.82, 2.24) is 62.6 Å². The van der Waals surface area contributed by atoms with Crippen LogP contribution in [0.5, 0.6) is 34.5 Å². The molecule has 12 bridgehead atoms. The number of carbonyl (C=O) groups is 9. The van der Waals surface area contributed by atoms with Gasteiger partial charge in [0.15, 0.2) is 0 Å². The van der Waals surface area contributed by atoms with E-state index in [4.69, 9.17) is 14.2 Å². The van der Waals surface area contributed by atoms with Crippen molar-refractivity contribution in [3.05, 3.63) is 358 Å². The number of hydrogen-bond donors (Lipinski definition) is 9. The van der Waals surface area contributed by atoms with Gasteiger partial charge < -0.3 is 62.1 Å². The van der Waals surface area contributed by atoms with Gasteiger partial charge in [-0.1, -0.05) is 251 Å². The van der Waals surface area contributed by atoms with Crippen molar-refractivity contribution in [2.24, 2.45) is 0 Å². The predicted octanol–water partition coefficient (Wildman–Crippen LogP) is 14.9. The standard InChI is InChI=1S/C39H42N4O4.C39H44N4O4.C37H44N4O4/c44-37(40-27-29-13-5-2-6-14-29)35-25-30-15-9-17-32(23-30)47-33-18-10-16-31(24-33)26-36(43-21-7-8-22-43)39(46)41-34(38(45)42-35)20-19-28-11-3-1-4-12-28;1-3-43(4-2)36-26-31-18-12-20-33(24-31)47-32-19-11-17-30(23-32)25-35(37(44)40-27-29-15-9-6-10-16-29)42-38(45)34(41-39(36)46)22-21-28-13-7-5-8-14-28;42-35-32(19-18-26-10-2-1-3-11-26)39-37(44)34(41-20-6-7-21-41)25-28-13-9-17-31(23-28)45-30-16-8-12-27(22-30)24-33(40-35)36(43)38-29-14-4-5-15-29/h1-6,9-18,23-24,34-36H,7-8,19-22,25-27H2,(H,40,44)(H,41,46)(H,42,45);5-20,23-24,34-36H,3-4,21-22,25-27H2,1-2H3,(H,40,44)(H,41,46)(H,42,45);1-3,8-13,16-17,22-23,29,32-34H,4-7,14-15,18-21,24-25H2,(H,38,43)(H,39,44)(H,40,42)/t2*34-,35-,36-;32-,33-,34-/m000/s1. The fourth-order valence-corrected chi connectivity index (χ4v) is 19.2. The molecule has 3 fully saturated rings. The highest BCUT2D eigenvalue weighted by Gasteiger charge is 2.38. The largest absolute Gasteiger partial charge is 0.457 e. The van der Waals surface area contributed by atoms with Gasteiger partial charge >= 0.3 is 0 Å². The molecule has 1 saturated carbocycles. The average molecular weight is 1870 g/mol. The van der Waals surface area contributed by atoms with Gasteiger partial charge in [0, 0.05) is 38.4 Å². The normalized spacial score (nSPS) is 20.7. The van der Waals surface area contributed by atoms with Gasteiger partial charge in [-0.25, -0.2) is 0 Å². The SMILES string of the molecule is CCN(CC)[C@H]1Cc2cccc(c2)Oc2cccc(c2)C[C@@H](C(=O)NCc2ccccc2)NC(=O)[C@H](CCc2ccccc2)NC1=O.O=C(NC1CCCC1)[C@@H]1Cc2cccc(c2)Oc2cccc(c2)C[C@H](N2CCCC2)C(=O)N[C@@H](CCc2ccccc2)C(=O)N1.O=C(NCc1ccccc1)[C@@H]1Cc2cccc(c2)Oc2cccc(c2)C[C@H](N2CCCC2)C(=O)N[C@@H](CCc2ccccc2)C(=O)N1. The van der Waals surface area contributed by atoms with Gasteiger partial charge in [0.05, 0.1) is 18.1 Å². The number of hydrogen-bond acceptors (Lipinski definition) is 15. The van der Waals surface area contributed by atoms with Crippen LogP contribution in [0.25, 0.3) is 0 Å². The number of fused-ring (bicyclic) bond motifs is 12. The Balaban J connectivity index is 0.000000158. The number of likely N-dealkylation sites (N-methyl/N-ethyl adjacent to an activating group) is 1. The summed E-state index contributed by atoms with van der Waals surface area (Å²) in [4.78, 5) is 132. The Labute approximate surface area is 816 Å². The summed E-state index contributed by atoms with van der Waals surface area (Å²) < 4.78 is 18.8. The van der Waals surface area contributed by atoms with E-state index < -0.39 is 60.3 Å². The van der Waals surface area contributed by atoms with Gasteiger partial charge in [-0.05, 0) is 270 Å². The maximum absolute atomic E-state index is 14.1. The fraction of sp³-hybridized carbons (Fsp3) is 0.348. The first-order valence-electron chi connectivity index (χ1n) is 49.6. The second-order valence-corrected chi connectivity index (χ2v) is 37.0. The predicted molar refractivity (Wildman–Crippen MR) is 540 cm³/mol. The molecule has 17 rings (SSSR count). The number of ether oxygens (including phenoxy) is 3. The number of carbonyl (C=O) groups excluding carboxylic acids is 9. The van der Waals surface area contributed by atoms with E-state index in [1.165, 1.54) is 0 Å². The number of rotatable bonds is 22. The van der Waals surface area contributed by atoms with Crippen LogP contribution in [-0.4, -0.2) is 168 Å². The Morgan fingerprint density at radius 1 is 0.309 bits per heavy atom. The Kier molecular flexibility index (Phi) is 36.4. The van der Waals surface area contributed by atoms with E-state index in [0.717, 1.165) is 139 Å². The zero-order valence-corrected chi connectivity index (χ0v) is 79.6. The summed E-state index contributed by atoms with van der Waals surface area (Å²) in [5.41, 5.74) is 10.6. The lowest BCUT2D eigenvalue weighted by Crippen LogP contribution is -2.57. The Morgan fingerprint density at radius 3 is 0.899 bits per heavy atom. The minimum atomic E-state index is -0.882. The quantitative estimate of drug-likeness (QED) is 0.0305. The molecule has 0 spiro atoms. The smallest absolute Gasteiger partial charge is 0.243 e. The van der Waals surface area contributed by atoms with Crippen LogP contribution in [0, 0.1) is 0 Å². The van der Waals surface area contributed by atoms with E-state index in [0.29, 0.717) is 125 Å². The number of likely N-dealkylation sites (tertiary alicyclic amines) is 2. The molecule has 9 atom stereocenters. The molecule has 24 heteroatoms. The van der Waals surface area contributed by atoms with Gasteiger partial charge in [-0.3, -0.25) is 57.9 Å². The molecular formula is C115H130N12O12. The van der Waals surface area contributed by atoms with Crippen LogP contribution in [0.15, 0.2) is 297 Å². The van der Waals surface area contributed by atoms with E-state index in [1.807, 2.05) is 311 Å². The molecule has 5 heterocycles. The molecule has 1 aliphatic carbocycles. The molecule has 139 heavy (non-hydrogen) atoms. The highest BCUT2D eigenvalue weighted by Crippen LogP contribution is 2.32. The molecule has 5 aliphatic heterocycles. The van der Waals surface area contributed by atoms with Crippen LogP contribution in [-0.2, 0) is 114 Å². The van der Waals surface area contributed by atoms with Crippen LogP contribution in [0.1, 0.15) is 146 Å². The first-order chi connectivity index (χ1) is 67.9. The van der Waals surface area contributed by atoms with E-state index in [-0.39, 0.29) is 66.1 Å². The molecule has 11 aromatic carbocycles. The monoisotopic (exact) mass is 1870 g/mol. The highest BCUT2D eigenvalue weighted by molar-refractivity contribution is 5.96. The highest BCUT2D eigenvalue weighted by atomic mass is 16.5. The van der Waals surface area contributed by atoms with Crippen LogP contribution < -0.4 is 62.1 Å². The molecule has 0 unspecified atom stereocenters. The van der Waals surface area contributed by atoms with Crippen LogP contribution in [0.4, 0.5) is 0 Å². The zero-order chi connectivity index (χ0) is 96.4. The van der Waals surface area contributed by atoms with E-state index in [2.05, 4.69) is 62.6 Å². The lowest BCUT2D eigenvalue weighted by molar-refractivity contribution is -0.134. The Bertz CT molecular complexity index is 5640. The summed E-state index contributed by atoms with van der Waals surface area (Å²) in [5, 5.41) is 27.6. The number of nitrogens with one attached hydrogen (secondary N) is 9. The van der Waals surface area contributed by atoms with Gasteiger partial charge in [0.25, 0.3) is 0 Å². The summed E-state index contributed by atoms with van der Waals surface area (Å²) in [7, 11) is 0. The van der Waals surface area contributed by atoms with Crippen molar-refractivity contribution in [2.45, 2.75) is 216 Å². The van der Waals surface area contributed by atoms with E-state index >= 15 is 0 Å². The summed E-state index contributed by atoms with van der Waals surface area (Å²) in [6.07, 6.45) is 13.4. The Morgan fingerprint density at radius 2 is 0.590 bits per heavy atom. The molecule has 0 radical (unpaired) electrons. The first-order valence-corrected chi connectivity index (χ1v) is 49.6. The minimum absolute atomic E-state index is 0.117. The third-order valence-corrected chi connectivity index (χ3v) is 26.8. The lowest BCUT2D eigenvalue weighted by atomic mass is 10.00. The topological polar surface area (TPSA) is 299 Å². The molecule has 722 valence electrons. The van der Waals surface area contributed by atoms with E-state index in [1.54, 1.807) is 0 Å². The summed E-state index contributed by atoms with van der Waals surface area (Å²) in [6, 6.07) is 89.2. The minimum Gasteiger partial charge on any atom is -0.457 e. The number of amides is 9. The number of benzene rings is 11. The number of aryl methyl sites for hydroxylation is 3. The van der Waals surface area contributed by atoms with Crippen molar-refractivity contribution < 1.29 is 57.4 Å². The molecule has 9 N–H and O–H groups in total. The van der Waals surface area contributed by atoms with E-state index in [9.17, 15) is 43.2 Å². The van der Waals surface area contributed by atoms with Crippen LogP contribution in [0.3, 0.4) is 0 Å². The van der Waals surface area contributed by atoms with Crippen LogP contribution in [0.2, 0.25) is 0 Å². The maximum Gasteiger partial charge on any atom is 0.243 e. The number of nitrogens with zero attached hydrogens (tertiary/aromatic N) is 3. The molecule has 11 aromatic rings. The second kappa shape index (κ2) is 50.8. The third-order valence-electron chi connectivity index (χ3n) is 26.8. The summed E-state index contributed by atoms with van der Waals surface area (Å²) >= 11 is 0. The van der Waals surface area contributed by atoms with Gasteiger partial charge in [-0.15, -0.1) is 0 Å². The summed E-state index contributed by atoms with van der Waals surface area (Å²) in [6.45, 7) is 9.38. The lowest BCUT2D eigenvalue weighted by Gasteiger charge is -2.31. The molecule has 9 amide bonds. The zero-order valence-electron chi connectivity index (χ0n) is 79.6. The van der Waals surface area contributed by atoms with Crippen molar-refractivity contribution in [1.29, 1.82) is 0 Å². The molecule has 6 aliphatic rings. The third kappa shape index (κ3) is 30.0. The van der Waals surface area contributed by atoms with Crippen LogP contribution >= 0.6 is 0 Å². The molecular weight excluding hydrogens is 1740 g/mol. The van der Waals surface area contributed by atoms with Gasteiger partial charge in [0.1, 0.15) is 70.7 Å². The molecule has 24 nitrogen and oxygen atoms in total. The summed E-state index contributed by atoms with van der Waals surface area (Å²) in [5.74, 6) is 1.46.